The third-order valence-electron chi connectivity index (χ3n) is 4.73. The number of hydrogen-bond donors (Lipinski definition) is 2. The molecule has 1 aliphatic rings. The van der Waals surface area contributed by atoms with Gasteiger partial charge < -0.3 is 24.6 Å². The first-order chi connectivity index (χ1) is 13.1. The quantitative estimate of drug-likeness (QED) is 0.783. The first-order valence-electron chi connectivity index (χ1n) is 9.02. The predicted molar refractivity (Wildman–Crippen MR) is 101 cm³/mol. The van der Waals surface area contributed by atoms with Crippen molar-refractivity contribution in [2.45, 2.75) is 31.9 Å². The number of carbonyl (C=O) groups excluding carboxylic acids is 1. The minimum Gasteiger partial charge on any atom is -0.493 e. The van der Waals surface area contributed by atoms with E-state index in [1.54, 1.807) is 20.3 Å². The number of methoxy groups -OCH3 is 2. The van der Waals surface area contributed by atoms with E-state index in [2.05, 4.69) is 5.32 Å². The fraction of sp³-hybridized carbons (Fsp3) is 0.381. The normalized spacial score (nSPS) is 15.6. The molecular formula is C21H25NO5. The molecule has 1 unspecified atom stereocenters. The van der Waals surface area contributed by atoms with Crippen LogP contribution in [0.25, 0.3) is 0 Å². The molecule has 2 N–H and O–H groups in total. The maximum Gasteiger partial charge on any atom is 0.258 e. The third-order valence-corrected chi connectivity index (χ3v) is 4.73. The number of amides is 1. The Morgan fingerprint density at radius 3 is 2.74 bits per heavy atom. The number of fused-ring (bicyclic) bond motifs is 1. The van der Waals surface area contributed by atoms with Crippen molar-refractivity contribution in [3.05, 3.63) is 53.1 Å². The van der Waals surface area contributed by atoms with Crippen LogP contribution in [0.3, 0.4) is 0 Å². The fourth-order valence-corrected chi connectivity index (χ4v) is 3.31. The summed E-state index contributed by atoms with van der Waals surface area (Å²) in [5.41, 5.74) is 2.81. The van der Waals surface area contributed by atoms with Crippen molar-refractivity contribution >= 4 is 5.91 Å². The van der Waals surface area contributed by atoms with Crippen LogP contribution in [0.1, 0.15) is 35.6 Å². The molecule has 2 aromatic carbocycles. The highest BCUT2D eigenvalue weighted by Crippen LogP contribution is 2.35. The zero-order chi connectivity index (χ0) is 19.2. The van der Waals surface area contributed by atoms with Crippen LogP contribution in [-0.4, -0.2) is 31.8 Å². The van der Waals surface area contributed by atoms with Gasteiger partial charge in [0.25, 0.3) is 5.91 Å². The van der Waals surface area contributed by atoms with E-state index in [9.17, 15) is 9.90 Å². The maximum atomic E-state index is 12.2. The predicted octanol–water partition coefficient (Wildman–Crippen LogP) is 2.77. The number of nitrogens with one attached hydrogen (secondary N) is 1. The van der Waals surface area contributed by atoms with E-state index in [0.29, 0.717) is 23.8 Å². The third kappa shape index (κ3) is 4.52. The van der Waals surface area contributed by atoms with Gasteiger partial charge in [0.15, 0.2) is 18.1 Å². The molecule has 2 aromatic rings. The molecular weight excluding hydrogens is 346 g/mol. The van der Waals surface area contributed by atoms with E-state index in [0.717, 1.165) is 36.0 Å². The summed E-state index contributed by atoms with van der Waals surface area (Å²) in [7, 11) is 3.16. The number of rotatable bonds is 7. The number of aliphatic hydroxyl groups is 1. The molecule has 27 heavy (non-hydrogen) atoms. The van der Waals surface area contributed by atoms with Crippen LogP contribution in [0.15, 0.2) is 36.4 Å². The minimum atomic E-state index is -0.448. The Bertz CT molecular complexity index is 805. The van der Waals surface area contributed by atoms with Crippen LogP contribution in [0, 0.1) is 0 Å². The molecule has 0 saturated carbocycles. The second-order valence-electron chi connectivity index (χ2n) is 6.49. The lowest BCUT2D eigenvalue weighted by Crippen LogP contribution is -2.28. The summed E-state index contributed by atoms with van der Waals surface area (Å²) in [5, 5.41) is 12.9. The molecule has 0 heterocycles. The molecule has 0 bridgehead atoms. The molecule has 0 radical (unpaired) electrons. The number of hydrogen-bond acceptors (Lipinski definition) is 5. The smallest absolute Gasteiger partial charge is 0.258 e. The summed E-state index contributed by atoms with van der Waals surface area (Å²) >= 11 is 0. The molecule has 0 saturated heterocycles. The van der Waals surface area contributed by atoms with Gasteiger partial charge in [0.05, 0.1) is 20.3 Å². The van der Waals surface area contributed by atoms with Crippen LogP contribution in [0.4, 0.5) is 0 Å². The zero-order valence-electron chi connectivity index (χ0n) is 15.7. The molecule has 0 aromatic heterocycles. The van der Waals surface area contributed by atoms with Gasteiger partial charge in [-0.1, -0.05) is 18.2 Å². The van der Waals surface area contributed by atoms with Crippen molar-refractivity contribution in [3.63, 3.8) is 0 Å². The highest BCUT2D eigenvalue weighted by Gasteiger charge is 2.21. The van der Waals surface area contributed by atoms with Crippen LogP contribution in [0.5, 0.6) is 17.2 Å². The van der Waals surface area contributed by atoms with Gasteiger partial charge in [-0.25, -0.2) is 0 Å². The Balaban J connectivity index is 1.56. The van der Waals surface area contributed by atoms with Crippen molar-refractivity contribution in [3.8, 4) is 17.2 Å². The van der Waals surface area contributed by atoms with E-state index in [4.69, 9.17) is 14.2 Å². The van der Waals surface area contributed by atoms with E-state index < -0.39 is 6.10 Å². The Hall–Kier alpha value is -2.73. The summed E-state index contributed by atoms with van der Waals surface area (Å²) in [4.78, 5) is 12.2. The van der Waals surface area contributed by atoms with Crippen LogP contribution >= 0.6 is 0 Å². The van der Waals surface area contributed by atoms with Gasteiger partial charge in [0, 0.05) is 6.54 Å². The van der Waals surface area contributed by atoms with Gasteiger partial charge in [-0.3, -0.25) is 4.79 Å². The standard InChI is InChI=1S/C21H25NO5/c1-25-19-10-9-14(11-20(19)26-2)12-22-21(24)13-27-18-8-4-5-15-16(18)6-3-7-17(15)23/h4-5,8-11,17,23H,3,6-7,12-13H2,1-2H3,(H,22,24). The van der Waals surface area contributed by atoms with Crippen molar-refractivity contribution in [2.75, 3.05) is 20.8 Å². The summed E-state index contributed by atoms with van der Waals surface area (Å²) in [6, 6.07) is 11.1. The van der Waals surface area contributed by atoms with E-state index in [1.165, 1.54) is 0 Å². The van der Waals surface area contributed by atoms with Gasteiger partial charge in [0.2, 0.25) is 0 Å². The average molecular weight is 371 g/mol. The Kier molecular flexibility index (Phi) is 6.19. The van der Waals surface area contributed by atoms with Crippen LogP contribution < -0.4 is 19.5 Å². The molecule has 1 amide bonds. The monoisotopic (exact) mass is 371 g/mol. The fourth-order valence-electron chi connectivity index (χ4n) is 3.31. The molecule has 3 rings (SSSR count). The maximum absolute atomic E-state index is 12.2. The molecule has 0 aliphatic heterocycles. The molecule has 0 spiro atoms. The minimum absolute atomic E-state index is 0.0696. The van der Waals surface area contributed by atoms with Gasteiger partial charge in [-0.15, -0.1) is 0 Å². The number of ether oxygens (including phenoxy) is 3. The lowest BCUT2D eigenvalue weighted by molar-refractivity contribution is -0.123. The van der Waals surface area contributed by atoms with E-state index >= 15 is 0 Å². The van der Waals surface area contributed by atoms with E-state index in [1.807, 2.05) is 30.3 Å². The van der Waals surface area contributed by atoms with Crippen LogP contribution in [0.2, 0.25) is 0 Å². The van der Waals surface area contributed by atoms with Crippen LogP contribution in [-0.2, 0) is 17.8 Å². The van der Waals surface area contributed by atoms with Crippen molar-refractivity contribution in [1.29, 1.82) is 0 Å². The Morgan fingerprint density at radius 2 is 1.96 bits per heavy atom. The van der Waals surface area contributed by atoms with Crippen molar-refractivity contribution in [1.82, 2.24) is 5.32 Å². The van der Waals surface area contributed by atoms with Crippen molar-refractivity contribution in [2.24, 2.45) is 0 Å². The number of benzene rings is 2. The molecule has 0 fully saturated rings. The summed E-state index contributed by atoms with van der Waals surface area (Å²) in [5.74, 6) is 1.73. The molecule has 144 valence electrons. The SMILES string of the molecule is COc1ccc(CNC(=O)COc2cccc3c2CCCC3O)cc1OC. The summed E-state index contributed by atoms with van der Waals surface area (Å²) in [6.45, 7) is 0.300. The van der Waals surface area contributed by atoms with Gasteiger partial charge in [-0.2, -0.15) is 0 Å². The first-order valence-corrected chi connectivity index (χ1v) is 9.02. The summed E-state index contributed by atoms with van der Waals surface area (Å²) < 4.78 is 16.2. The lowest BCUT2D eigenvalue weighted by atomic mass is 9.89. The largest absolute Gasteiger partial charge is 0.493 e. The summed E-state index contributed by atoms with van der Waals surface area (Å²) in [6.07, 6.45) is 2.09. The highest BCUT2D eigenvalue weighted by atomic mass is 16.5. The topological polar surface area (TPSA) is 77.0 Å². The van der Waals surface area contributed by atoms with Gasteiger partial charge in [0.1, 0.15) is 5.75 Å². The van der Waals surface area contributed by atoms with Gasteiger partial charge in [-0.05, 0) is 54.2 Å². The lowest BCUT2D eigenvalue weighted by Gasteiger charge is -2.23. The second-order valence-corrected chi connectivity index (χ2v) is 6.49. The molecule has 1 atom stereocenters. The Morgan fingerprint density at radius 1 is 1.15 bits per heavy atom. The Labute approximate surface area is 159 Å². The average Bonchev–Trinajstić information content (AvgIpc) is 2.70. The second kappa shape index (κ2) is 8.77. The van der Waals surface area contributed by atoms with Gasteiger partial charge >= 0.3 is 0 Å². The molecule has 6 heteroatoms. The first kappa shape index (κ1) is 19.0. The zero-order valence-corrected chi connectivity index (χ0v) is 15.7. The molecule has 1 aliphatic carbocycles. The number of carbonyl (C=O) groups is 1. The molecule has 6 nitrogen and oxygen atoms in total. The van der Waals surface area contributed by atoms with Crippen molar-refractivity contribution < 1.29 is 24.1 Å². The highest BCUT2D eigenvalue weighted by molar-refractivity contribution is 5.77. The van der Waals surface area contributed by atoms with E-state index in [-0.39, 0.29) is 12.5 Å². The number of aliphatic hydroxyl groups excluding tert-OH is 1.